The molecule has 2 aliphatic carbocycles. The van der Waals surface area contributed by atoms with Crippen molar-refractivity contribution in [1.82, 2.24) is 0 Å². The van der Waals surface area contributed by atoms with Gasteiger partial charge in [0.15, 0.2) is 0 Å². The van der Waals surface area contributed by atoms with Gasteiger partial charge >= 0.3 is 0 Å². The minimum Gasteiger partial charge on any atom is -0.146 e. The SMILES string of the molecule is S/C(=C(/S)C1C=CC=C1)C1C=CC=C1. The number of thiol groups is 2. The average Bonchev–Trinajstić information content (AvgIpc) is 2.87. The highest BCUT2D eigenvalue weighted by molar-refractivity contribution is 7.88. The maximum Gasteiger partial charge on any atom is 0.0270 e. The molecule has 0 bridgehead atoms. The molecule has 0 saturated carbocycles. The molecular formula is C12H12S2. The van der Waals surface area contributed by atoms with Crippen LogP contribution < -0.4 is 0 Å². The summed E-state index contributed by atoms with van der Waals surface area (Å²) in [5.74, 6) is 0.626. The molecule has 0 aliphatic heterocycles. The van der Waals surface area contributed by atoms with Crippen LogP contribution in [-0.2, 0) is 0 Å². The van der Waals surface area contributed by atoms with Crippen LogP contribution in [0.1, 0.15) is 0 Å². The predicted molar refractivity (Wildman–Crippen MR) is 68.5 cm³/mol. The first kappa shape index (κ1) is 9.94. The van der Waals surface area contributed by atoms with Crippen molar-refractivity contribution in [2.75, 3.05) is 0 Å². The highest BCUT2D eigenvalue weighted by Crippen LogP contribution is 2.33. The fourth-order valence-corrected chi connectivity index (χ4v) is 2.21. The van der Waals surface area contributed by atoms with Gasteiger partial charge in [-0.3, -0.25) is 0 Å². The van der Waals surface area contributed by atoms with E-state index in [1.165, 1.54) is 0 Å². The Labute approximate surface area is 95.6 Å². The van der Waals surface area contributed by atoms with Crippen LogP contribution in [0.3, 0.4) is 0 Å². The first-order valence-electron chi connectivity index (χ1n) is 4.61. The molecule has 2 heteroatoms. The monoisotopic (exact) mass is 220 g/mol. The van der Waals surface area contributed by atoms with Crippen LogP contribution in [0.25, 0.3) is 0 Å². The Morgan fingerprint density at radius 1 is 0.643 bits per heavy atom. The summed E-state index contributed by atoms with van der Waals surface area (Å²) in [6.45, 7) is 0. The summed E-state index contributed by atoms with van der Waals surface area (Å²) in [5.41, 5.74) is 0. The fourth-order valence-electron chi connectivity index (χ4n) is 1.57. The lowest BCUT2D eigenvalue weighted by Crippen LogP contribution is -1.97. The molecule has 0 heterocycles. The van der Waals surface area contributed by atoms with Gasteiger partial charge in [0, 0.05) is 21.6 Å². The molecule has 0 aromatic heterocycles. The van der Waals surface area contributed by atoms with Crippen LogP contribution in [0.2, 0.25) is 0 Å². The molecule has 0 aromatic carbocycles. The molecule has 0 N–H and O–H groups in total. The van der Waals surface area contributed by atoms with Gasteiger partial charge in [0.25, 0.3) is 0 Å². The van der Waals surface area contributed by atoms with Gasteiger partial charge in [-0.15, -0.1) is 25.3 Å². The van der Waals surface area contributed by atoms with E-state index < -0.39 is 0 Å². The zero-order valence-electron chi connectivity index (χ0n) is 7.67. The Bertz CT molecular complexity index is 310. The molecule has 0 nitrogen and oxygen atoms in total. The summed E-state index contributed by atoms with van der Waals surface area (Å²) in [6, 6.07) is 0. The molecule has 2 rings (SSSR count). The van der Waals surface area contributed by atoms with Crippen molar-refractivity contribution in [3.8, 4) is 0 Å². The fraction of sp³-hybridized carbons (Fsp3) is 0.167. The van der Waals surface area contributed by atoms with Crippen molar-refractivity contribution in [3.05, 3.63) is 58.4 Å². The molecule has 2 aliphatic rings. The lowest BCUT2D eigenvalue weighted by molar-refractivity contribution is 0.992. The largest absolute Gasteiger partial charge is 0.146 e. The Balaban J connectivity index is 2.21. The normalized spacial score (nSPS) is 22.4. The molecular weight excluding hydrogens is 208 g/mol. The third kappa shape index (κ3) is 1.91. The molecule has 0 spiro atoms. The van der Waals surface area contributed by atoms with Gasteiger partial charge in [-0.05, 0) is 0 Å². The van der Waals surface area contributed by atoms with Crippen molar-refractivity contribution >= 4 is 25.3 Å². The standard InChI is InChI=1S/C12H12S2/c13-11(9-5-1-2-6-9)12(14)10-7-3-4-8-10/h1-10,13-14H/b12-11+. The summed E-state index contributed by atoms with van der Waals surface area (Å²) in [7, 11) is 0. The second-order valence-electron chi connectivity index (χ2n) is 3.36. The van der Waals surface area contributed by atoms with Crippen LogP contribution in [-0.4, -0.2) is 0 Å². The highest BCUT2D eigenvalue weighted by Gasteiger charge is 2.15. The van der Waals surface area contributed by atoms with E-state index in [2.05, 4.69) is 49.6 Å². The number of allylic oxidation sites excluding steroid dienone is 10. The van der Waals surface area contributed by atoms with Gasteiger partial charge in [0.2, 0.25) is 0 Å². The first-order chi connectivity index (χ1) is 6.79. The van der Waals surface area contributed by atoms with E-state index in [-0.39, 0.29) is 0 Å². The van der Waals surface area contributed by atoms with Crippen LogP contribution in [0, 0.1) is 11.8 Å². The lowest BCUT2D eigenvalue weighted by atomic mass is 10.1. The molecule has 0 fully saturated rings. The van der Waals surface area contributed by atoms with Gasteiger partial charge < -0.3 is 0 Å². The van der Waals surface area contributed by atoms with Crippen LogP contribution in [0.15, 0.2) is 58.4 Å². The second-order valence-corrected chi connectivity index (χ2v) is 4.33. The third-order valence-corrected chi connectivity index (χ3v) is 3.64. The Morgan fingerprint density at radius 2 is 0.929 bits per heavy atom. The van der Waals surface area contributed by atoms with Crippen LogP contribution >= 0.6 is 25.3 Å². The van der Waals surface area contributed by atoms with Crippen LogP contribution in [0.5, 0.6) is 0 Å². The maximum absolute atomic E-state index is 4.53. The highest BCUT2D eigenvalue weighted by atomic mass is 32.1. The summed E-state index contributed by atoms with van der Waals surface area (Å²) < 4.78 is 0. The van der Waals surface area contributed by atoms with E-state index in [0.717, 1.165) is 9.81 Å². The summed E-state index contributed by atoms with van der Waals surface area (Å²) >= 11 is 9.06. The Morgan fingerprint density at radius 3 is 1.21 bits per heavy atom. The zero-order chi connectivity index (χ0) is 9.97. The van der Waals surface area contributed by atoms with E-state index in [4.69, 9.17) is 0 Å². The van der Waals surface area contributed by atoms with Crippen molar-refractivity contribution in [1.29, 1.82) is 0 Å². The Kier molecular flexibility index (Phi) is 3.04. The Hall–Kier alpha value is -0.600. The predicted octanol–water partition coefficient (Wildman–Crippen LogP) is 3.54. The lowest BCUT2D eigenvalue weighted by Gasteiger charge is -2.12. The minimum atomic E-state index is 0.313. The molecule has 0 aromatic rings. The van der Waals surface area contributed by atoms with Crippen molar-refractivity contribution < 1.29 is 0 Å². The zero-order valence-corrected chi connectivity index (χ0v) is 9.46. The molecule has 0 amide bonds. The van der Waals surface area contributed by atoms with E-state index in [1.54, 1.807) is 0 Å². The van der Waals surface area contributed by atoms with Crippen LogP contribution in [0.4, 0.5) is 0 Å². The third-order valence-electron chi connectivity index (χ3n) is 2.39. The smallest absolute Gasteiger partial charge is 0.0270 e. The van der Waals surface area contributed by atoms with E-state index in [0.29, 0.717) is 11.8 Å². The van der Waals surface area contributed by atoms with Gasteiger partial charge in [0.05, 0.1) is 0 Å². The average molecular weight is 220 g/mol. The molecule has 0 atom stereocenters. The first-order valence-corrected chi connectivity index (χ1v) is 5.50. The number of rotatable bonds is 2. The quantitative estimate of drug-likeness (QED) is 0.653. The molecule has 14 heavy (non-hydrogen) atoms. The van der Waals surface area contributed by atoms with Crippen molar-refractivity contribution in [3.63, 3.8) is 0 Å². The van der Waals surface area contributed by atoms with Gasteiger partial charge in [0.1, 0.15) is 0 Å². The van der Waals surface area contributed by atoms with Gasteiger partial charge in [-0.2, -0.15) is 0 Å². The molecule has 0 radical (unpaired) electrons. The summed E-state index contributed by atoms with van der Waals surface area (Å²) in [4.78, 5) is 2.08. The van der Waals surface area contributed by atoms with Gasteiger partial charge in [-0.25, -0.2) is 0 Å². The van der Waals surface area contributed by atoms with Gasteiger partial charge in [-0.1, -0.05) is 48.6 Å². The molecule has 0 unspecified atom stereocenters. The van der Waals surface area contributed by atoms with E-state index >= 15 is 0 Å². The van der Waals surface area contributed by atoms with Crippen molar-refractivity contribution in [2.45, 2.75) is 0 Å². The van der Waals surface area contributed by atoms with E-state index in [9.17, 15) is 0 Å². The molecule has 0 saturated heterocycles. The minimum absolute atomic E-state index is 0.313. The second kappa shape index (κ2) is 4.28. The topological polar surface area (TPSA) is 0 Å². The number of hydrogen-bond acceptors (Lipinski definition) is 2. The number of hydrogen-bond donors (Lipinski definition) is 2. The maximum atomic E-state index is 4.53. The van der Waals surface area contributed by atoms with E-state index in [1.807, 2.05) is 24.3 Å². The summed E-state index contributed by atoms with van der Waals surface area (Å²) in [5, 5.41) is 0. The summed E-state index contributed by atoms with van der Waals surface area (Å²) in [6.07, 6.45) is 16.7. The molecule has 72 valence electrons. The van der Waals surface area contributed by atoms with Crippen molar-refractivity contribution in [2.24, 2.45) is 11.8 Å².